The number of rotatable bonds is 1. The van der Waals surface area contributed by atoms with Gasteiger partial charge in [0.05, 0.1) is 17.0 Å². The van der Waals surface area contributed by atoms with Gasteiger partial charge in [0, 0.05) is 35.4 Å². The van der Waals surface area contributed by atoms with E-state index in [4.69, 9.17) is 4.99 Å². The number of aromatic nitrogens is 1. The molecule has 5 heteroatoms. The van der Waals surface area contributed by atoms with E-state index in [2.05, 4.69) is 69.8 Å². The molecule has 1 spiro atoms. The van der Waals surface area contributed by atoms with Crippen molar-refractivity contribution in [2.45, 2.75) is 88.7 Å². The van der Waals surface area contributed by atoms with Crippen molar-refractivity contribution in [1.82, 2.24) is 15.2 Å². The van der Waals surface area contributed by atoms with Gasteiger partial charge in [0.15, 0.2) is 0 Å². The third-order valence-electron chi connectivity index (χ3n) is 10.8. The van der Waals surface area contributed by atoms with E-state index in [9.17, 15) is 5.11 Å². The second-order valence-electron chi connectivity index (χ2n) is 13.3. The van der Waals surface area contributed by atoms with Crippen LogP contribution in [0, 0.1) is 11.3 Å². The molecule has 1 saturated heterocycles. The molecule has 4 aliphatic heterocycles. The van der Waals surface area contributed by atoms with Gasteiger partial charge in [-0.05, 0) is 126 Å². The van der Waals surface area contributed by atoms with Crippen LogP contribution in [0.4, 0.5) is 0 Å². The van der Waals surface area contributed by atoms with Gasteiger partial charge in [-0.15, -0.1) is 0 Å². The van der Waals surface area contributed by atoms with Crippen LogP contribution in [0.3, 0.4) is 0 Å². The van der Waals surface area contributed by atoms with E-state index in [1.54, 1.807) is 0 Å². The lowest BCUT2D eigenvalue weighted by Crippen LogP contribution is -2.69. The Kier molecular flexibility index (Phi) is 7.79. The number of aliphatic hydroxyl groups is 1. The molecular formula is C36H48N4O. The van der Waals surface area contributed by atoms with Gasteiger partial charge in [-0.1, -0.05) is 42.5 Å². The van der Waals surface area contributed by atoms with Gasteiger partial charge in [-0.3, -0.25) is 4.99 Å². The minimum Gasteiger partial charge on any atom is -0.384 e. The monoisotopic (exact) mass is 552 g/mol. The molecule has 1 aromatic carbocycles. The second-order valence-corrected chi connectivity index (χ2v) is 13.3. The number of nitrogens with one attached hydrogen (secondary N) is 2. The zero-order valence-corrected chi connectivity index (χ0v) is 24.7. The average Bonchev–Trinajstić information content (AvgIpc) is 3.35. The molecule has 0 saturated carbocycles. The molecule has 5 heterocycles. The number of allylic oxidation sites excluding steroid dienone is 5. The number of para-hydroxylation sites is 1. The van der Waals surface area contributed by atoms with Crippen LogP contribution in [0.2, 0.25) is 0 Å². The highest BCUT2D eigenvalue weighted by Gasteiger charge is 2.59. The lowest BCUT2D eigenvalue weighted by molar-refractivity contribution is -0.0860. The number of fused-ring (bicyclic) bond motifs is 4. The topological polar surface area (TPSA) is 63.7 Å². The smallest absolute Gasteiger partial charge is 0.0995 e. The van der Waals surface area contributed by atoms with Gasteiger partial charge in [0.2, 0.25) is 0 Å². The normalized spacial score (nSPS) is 36.3. The lowest BCUT2D eigenvalue weighted by atomic mass is 9.53. The molecule has 3 bridgehead atoms. The molecule has 1 fully saturated rings. The number of hydrogen-bond donors (Lipinski definition) is 3. The molecule has 5 nitrogen and oxygen atoms in total. The molecule has 5 atom stereocenters. The molecule has 0 amide bonds. The van der Waals surface area contributed by atoms with Gasteiger partial charge in [0.1, 0.15) is 0 Å². The van der Waals surface area contributed by atoms with Crippen molar-refractivity contribution >= 4 is 16.6 Å². The first-order valence-electron chi connectivity index (χ1n) is 16.5. The average molecular weight is 553 g/mol. The third kappa shape index (κ3) is 5.08. The first-order chi connectivity index (χ1) is 20.2. The molecule has 218 valence electrons. The summed E-state index contributed by atoms with van der Waals surface area (Å²) in [6, 6.07) is 8.76. The standard InChI is InChI=1S/C36H48N4O/c41-36-20-12-6-2-4-8-14-23-40-24-18-30(35(26-40)19-11-5-1-3-7-13-21-38-34(35)36)29(25-36)32-33-28(17-22-37-32)27-15-9-10-16-31(27)39-33/h1-2,5-6,9-10,15-16,25,30,34,38-39,41H,3-4,7-8,11-14,17-24,26H2/b5-1-,6-2-/t30?,34-,35+,36+/m1/s1. The van der Waals surface area contributed by atoms with Crippen LogP contribution < -0.4 is 5.32 Å². The van der Waals surface area contributed by atoms with E-state index in [0.29, 0.717) is 5.92 Å². The molecule has 0 radical (unpaired) electrons. The van der Waals surface area contributed by atoms with Crippen molar-refractivity contribution < 1.29 is 5.11 Å². The van der Waals surface area contributed by atoms with Crippen molar-refractivity contribution in [2.75, 3.05) is 32.7 Å². The highest BCUT2D eigenvalue weighted by Crippen LogP contribution is 2.55. The molecule has 41 heavy (non-hydrogen) atoms. The number of aliphatic imine (C=N–C) groups is 1. The van der Waals surface area contributed by atoms with E-state index in [0.717, 1.165) is 96.2 Å². The summed E-state index contributed by atoms with van der Waals surface area (Å²) in [6.07, 6.45) is 25.0. The Morgan fingerprint density at radius 1 is 0.902 bits per heavy atom. The molecule has 3 N–H and O–H groups in total. The quantitative estimate of drug-likeness (QED) is 0.354. The third-order valence-corrected chi connectivity index (χ3v) is 10.8. The van der Waals surface area contributed by atoms with E-state index in [1.807, 2.05) is 0 Å². The highest BCUT2D eigenvalue weighted by atomic mass is 16.3. The Balaban J connectivity index is 1.40. The summed E-state index contributed by atoms with van der Waals surface area (Å²) in [5.74, 6) is 0.377. The molecule has 7 rings (SSSR count). The number of H-pyrrole nitrogens is 1. The fourth-order valence-electron chi connectivity index (χ4n) is 8.96. The van der Waals surface area contributed by atoms with Crippen molar-refractivity contribution in [2.24, 2.45) is 16.3 Å². The SMILES string of the molecule is O[C@]12C=C(C3=NCCc4c3[nH]c3ccccc43)C3CCN(CCCC/C=C\CC1)C[C@@]31CC/C=C\CCCCN[C@H]12. The van der Waals surface area contributed by atoms with Crippen LogP contribution in [0.25, 0.3) is 10.9 Å². The lowest BCUT2D eigenvalue weighted by Gasteiger charge is -2.60. The van der Waals surface area contributed by atoms with E-state index in [-0.39, 0.29) is 11.5 Å². The van der Waals surface area contributed by atoms with Crippen LogP contribution in [0.1, 0.15) is 81.9 Å². The Bertz CT molecular complexity index is 1370. The Labute approximate surface area is 245 Å². The maximum atomic E-state index is 12.9. The number of piperidine rings is 1. The predicted octanol–water partition coefficient (Wildman–Crippen LogP) is 6.49. The number of aromatic amines is 1. The zero-order chi connectivity index (χ0) is 27.7. The summed E-state index contributed by atoms with van der Waals surface area (Å²) < 4.78 is 0. The van der Waals surface area contributed by atoms with Crippen molar-refractivity contribution in [3.63, 3.8) is 0 Å². The fourth-order valence-corrected chi connectivity index (χ4v) is 8.96. The van der Waals surface area contributed by atoms with Gasteiger partial charge in [-0.2, -0.15) is 0 Å². The Morgan fingerprint density at radius 2 is 1.71 bits per heavy atom. The number of nitrogens with zero attached hydrogens (tertiary/aromatic N) is 2. The van der Waals surface area contributed by atoms with Gasteiger partial charge in [-0.25, -0.2) is 0 Å². The van der Waals surface area contributed by atoms with Gasteiger partial charge in [0.25, 0.3) is 0 Å². The molecule has 1 aliphatic carbocycles. The molecular weight excluding hydrogens is 504 g/mol. The molecule has 2 aromatic rings. The highest BCUT2D eigenvalue weighted by molar-refractivity contribution is 6.16. The maximum absolute atomic E-state index is 12.9. The van der Waals surface area contributed by atoms with Crippen molar-refractivity contribution in [3.05, 3.63) is 71.5 Å². The Hall–Kier alpha value is -2.47. The van der Waals surface area contributed by atoms with Crippen LogP contribution in [0.5, 0.6) is 0 Å². The maximum Gasteiger partial charge on any atom is 0.0995 e. The largest absolute Gasteiger partial charge is 0.384 e. The molecule has 5 aliphatic rings. The summed E-state index contributed by atoms with van der Waals surface area (Å²) in [6.45, 7) is 5.15. The molecule has 1 aromatic heterocycles. The van der Waals surface area contributed by atoms with Crippen LogP contribution in [-0.4, -0.2) is 65.1 Å². The summed E-state index contributed by atoms with van der Waals surface area (Å²) in [7, 11) is 0. The Morgan fingerprint density at radius 3 is 2.61 bits per heavy atom. The minimum atomic E-state index is -0.919. The minimum absolute atomic E-state index is 0.0404. The second kappa shape index (κ2) is 11.7. The summed E-state index contributed by atoms with van der Waals surface area (Å²) in [4.78, 5) is 11.8. The van der Waals surface area contributed by atoms with Crippen molar-refractivity contribution in [1.29, 1.82) is 0 Å². The van der Waals surface area contributed by atoms with Crippen LogP contribution in [-0.2, 0) is 6.42 Å². The van der Waals surface area contributed by atoms with E-state index >= 15 is 0 Å². The first-order valence-corrected chi connectivity index (χ1v) is 16.5. The number of hydrogen-bond acceptors (Lipinski definition) is 4. The van der Waals surface area contributed by atoms with E-state index in [1.165, 1.54) is 47.0 Å². The summed E-state index contributed by atoms with van der Waals surface area (Å²) in [5.41, 5.74) is 5.28. The first kappa shape index (κ1) is 27.4. The van der Waals surface area contributed by atoms with Crippen LogP contribution >= 0.6 is 0 Å². The summed E-state index contributed by atoms with van der Waals surface area (Å²) >= 11 is 0. The van der Waals surface area contributed by atoms with Crippen molar-refractivity contribution in [3.8, 4) is 0 Å². The molecule has 2 unspecified atom stereocenters. The number of benzene rings is 1. The van der Waals surface area contributed by atoms with Gasteiger partial charge >= 0.3 is 0 Å². The fraction of sp³-hybridized carbons (Fsp3) is 0.583. The predicted molar refractivity (Wildman–Crippen MR) is 170 cm³/mol. The zero-order valence-electron chi connectivity index (χ0n) is 24.7. The summed E-state index contributed by atoms with van der Waals surface area (Å²) in [5, 5.41) is 18.3. The van der Waals surface area contributed by atoms with Gasteiger partial charge < -0.3 is 20.3 Å². The van der Waals surface area contributed by atoms with Crippen LogP contribution in [0.15, 0.2) is 65.2 Å². The van der Waals surface area contributed by atoms with E-state index < -0.39 is 5.60 Å².